The van der Waals surface area contributed by atoms with Crippen molar-refractivity contribution in [3.8, 4) is 6.07 Å². The zero-order chi connectivity index (χ0) is 11.4. The van der Waals surface area contributed by atoms with E-state index in [4.69, 9.17) is 16.1 Å². The second-order valence-electron chi connectivity index (χ2n) is 3.53. The number of hydrogen-bond donors (Lipinski definition) is 2. The van der Waals surface area contributed by atoms with Crippen molar-refractivity contribution in [3.05, 3.63) is 23.8 Å². The lowest BCUT2D eigenvalue weighted by molar-refractivity contribution is 0.270. The Hall–Kier alpha value is -1.73. The van der Waals surface area contributed by atoms with Crippen LogP contribution < -0.4 is 10.6 Å². The third-order valence-electron chi connectivity index (χ3n) is 2.49. The maximum absolute atomic E-state index is 9.02. The van der Waals surface area contributed by atoms with Crippen molar-refractivity contribution in [2.24, 2.45) is 0 Å². The van der Waals surface area contributed by atoms with E-state index in [9.17, 15) is 0 Å². The highest BCUT2D eigenvalue weighted by Crippen LogP contribution is 2.21. The van der Waals surface area contributed by atoms with E-state index in [1.165, 1.54) is 0 Å². The highest BCUT2D eigenvalue weighted by atomic mass is 16.3. The van der Waals surface area contributed by atoms with Crippen LogP contribution in [0.3, 0.4) is 0 Å². The molecule has 0 saturated carbocycles. The van der Waals surface area contributed by atoms with Crippen LogP contribution >= 0.6 is 0 Å². The van der Waals surface area contributed by atoms with Crippen LogP contribution in [0.5, 0.6) is 0 Å². The largest absolute Gasteiger partial charge is 0.398 e. The minimum atomic E-state index is 0.0140. The number of benzene rings is 1. The van der Waals surface area contributed by atoms with Gasteiger partial charge in [-0.1, -0.05) is 0 Å². The van der Waals surface area contributed by atoms with Gasteiger partial charge in [0.1, 0.15) is 6.07 Å². The lowest BCUT2D eigenvalue weighted by atomic mass is 10.1. The van der Waals surface area contributed by atoms with Crippen LogP contribution in [0, 0.1) is 11.3 Å². The molecule has 1 aromatic carbocycles. The SMILES string of the molecule is CC(CO)N(C)c1ccc(N)c(C#N)c1. The van der Waals surface area contributed by atoms with Gasteiger partial charge in [0, 0.05) is 24.5 Å². The van der Waals surface area contributed by atoms with Crippen LogP contribution in [0.25, 0.3) is 0 Å². The van der Waals surface area contributed by atoms with E-state index >= 15 is 0 Å². The van der Waals surface area contributed by atoms with Gasteiger partial charge in [-0.2, -0.15) is 5.26 Å². The smallest absolute Gasteiger partial charge is 0.101 e. The molecule has 80 valence electrons. The normalized spacial score (nSPS) is 11.9. The number of aliphatic hydroxyl groups is 1. The minimum Gasteiger partial charge on any atom is -0.398 e. The molecule has 0 aromatic heterocycles. The van der Waals surface area contributed by atoms with Crippen LogP contribution in [0.1, 0.15) is 12.5 Å². The Balaban J connectivity index is 3.02. The predicted octanol–water partition coefficient (Wildman–Crippen LogP) is 0.957. The maximum Gasteiger partial charge on any atom is 0.101 e. The average Bonchev–Trinajstić information content (AvgIpc) is 2.27. The maximum atomic E-state index is 9.02. The zero-order valence-electron chi connectivity index (χ0n) is 8.94. The number of nitriles is 1. The first-order chi connectivity index (χ1) is 7.10. The van der Waals surface area contributed by atoms with E-state index in [1.54, 1.807) is 12.1 Å². The van der Waals surface area contributed by atoms with Gasteiger partial charge in [-0.25, -0.2) is 0 Å². The monoisotopic (exact) mass is 205 g/mol. The molecule has 0 fully saturated rings. The van der Waals surface area contributed by atoms with Crippen molar-refractivity contribution in [3.63, 3.8) is 0 Å². The van der Waals surface area contributed by atoms with Gasteiger partial charge in [-0.15, -0.1) is 0 Å². The topological polar surface area (TPSA) is 73.3 Å². The molecule has 1 unspecified atom stereocenters. The lowest BCUT2D eigenvalue weighted by Gasteiger charge is -2.25. The first-order valence-electron chi connectivity index (χ1n) is 4.73. The summed E-state index contributed by atoms with van der Waals surface area (Å²) in [6.07, 6.45) is 0. The first-order valence-corrected chi connectivity index (χ1v) is 4.73. The fourth-order valence-corrected chi connectivity index (χ4v) is 1.24. The number of nitrogens with two attached hydrogens (primary N) is 1. The molecule has 0 radical (unpaired) electrons. The predicted molar refractivity (Wildman–Crippen MR) is 60.5 cm³/mol. The first kappa shape index (κ1) is 11.3. The summed E-state index contributed by atoms with van der Waals surface area (Å²) < 4.78 is 0. The number of likely N-dealkylation sites (N-methyl/N-ethyl adjacent to an activating group) is 1. The number of hydrogen-bond acceptors (Lipinski definition) is 4. The van der Waals surface area contributed by atoms with Gasteiger partial charge < -0.3 is 15.7 Å². The fourth-order valence-electron chi connectivity index (χ4n) is 1.24. The molecule has 0 heterocycles. The Labute approximate surface area is 89.5 Å². The summed E-state index contributed by atoms with van der Waals surface area (Å²) in [6, 6.07) is 7.31. The molecule has 0 saturated heterocycles. The number of nitrogen functional groups attached to an aromatic ring is 1. The molecule has 1 aromatic rings. The standard InChI is InChI=1S/C11H15N3O/c1-8(7-15)14(2)10-3-4-11(13)9(5-10)6-12/h3-5,8,15H,7,13H2,1-2H3. The van der Waals surface area contributed by atoms with Crippen LogP contribution in [-0.4, -0.2) is 24.8 Å². The molecule has 0 bridgehead atoms. The molecule has 0 aliphatic heterocycles. The molecule has 0 aliphatic carbocycles. The fraction of sp³-hybridized carbons (Fsp3) is 0.364. The summed E-state index contributed by atoms with van der Waals surface area (Å²) in [6.45, 7) is 1.98. The molecule has 0 spiro atoms. The van der Waals surface area contributed by atoms with E-state index in [0.29, 0.717) is 11.3 Å². The summed E-state index contributed by atoms with van der Waals surface area (Å²) in [7, 11) is 1.87. The highest BCUT2D eigenvalue weighted by molar-refractivity contribution is 5.62. The van der Waals surface area contributed by atoms with Crippen molar-refractivity contribution < 1.29 is 5.11 Å². The molecular weight excluding hydrogens is 190 g/mol. The molecule has 4 nitrogen and oxygen atoms in total. The van der Waals surface area contributed by atoms with E-state index < -0.39 is 0 Å². The van der Waals surface area contributed by atoms with Gasteiger partial charge in [0.15, 0.2) is 0 Å². The van der Waals surface area contributed by atoms with Gasteiger partial charge in [-0.3, -0.25) is 0 Å². The van der Waals surface area contributed by atoms with E-state index in [0.717, 1.165) is 5.69 Å². The van der Waals surface area contributed by atoms with Crippen molar-refractivity contribution >= 4 is 11.4 Å². The molecule has 1 atom stereocenters. The highest BCUT2D eigenvalue weighted by Gasteiger charge is 2.10. The van der Waals surface area contributed by atoms with Crippen LogP contribution in [0.2, 0.25) is 0 Å². The second-order valence-corrected chi connectivity index (χ2v) is 3.53. The van der Waals surface area contributed by atoms with Gasteiger partial charge in [0.05, 0.1) is 12.2 Å². The van der Waals surface area contributed by atoms with E-state index in [1.807, 2.05) is 31.0 Å². The Morgan fingerprint density at radius 1 is 1.60 bits per heavy atom. The number of nitrogens with zero attached hydrogens (tertiary/aromatic N) is 2. The van der Waals surface area contributed by atoms with Crippen LogP contribution in [0.4, 0.5) is 11.4 Å². The van der Waals surface area contributed by atoms with Gasteiger partial charge in [-0.05, 0) is 25.1 Å². The quantitative estimate of drug-likeness (QED) is 0.721. The van der Waals surface area contributed by atoms with E-state index in [2.05, 4.69) is 0 Å². The molecule has 15 heavy (non-hydrogen) atoms. The van der Waals surface area contributed by atoms with Gasteiger partial charge in [0.25, 0.3) is 0 Å². The van der Waals surface area contributed by atoms with Gasteiger partial charge >= 0.3 is 0 Å². The minimum absolute atomic E-state index is 0.0140. The molecule has 3 N–H and O–H groups in total. The van der Waals surface area contributed by atoms with Crippen molar-refractivity contribution in [1.29, 1.82) is 5.26 Å². The molecular formula is C11H15N3O. The Bertz CT molecular complexity index is 384. The van der Waals surface area contributed by atoms with Crippen LogP contribution in [0.15, 0.2) is 18.2 Å². The number of aliphatic hydroxyl groups excluding tert-OH is 1. The second kappa shape index (κ2) is 4.67. The Morgan fingerprint density at radius 2 is 2.27 bits per heavy atom. The van der Waals surface area contributed by atoms with Crippen molar-refractivity contribution in [2.75, 3.05) is 24.3 Å². The Kier molecular flexibility index (Phi) is 3.53. The summed E-state index contributed by atoms with van der Waals surface area (Å²) in [5, 5.41) is 17.8. The molecule has 0 aliphatic rings. The summed E-state index contributed by atoms with van der Waals surface area (Å²) in [4.78, 5) is 1.90. The Morgan fingerprint density at radius 3 is 2.80 bits per heavy atom. The summed E-state index contributed by atoms with van der Waals surface area (Å²) >= 11 is 0. The molecule has 4 heteroatoms. The summed E-state index contributed by atoms with van der Waals surface area (Å²) in [5.41, 5.74) is 7.44. The zero-order valence-corrected chi connectivity index (χ0v) is 8.94. The van der Waals surface area contributed by atoms with E-state index in [-0.39, 0.29) is 12.6 Å². The van der Waals surface area contributed by atoms with Crippen LogP contribution in [-0.2, 0) is 0 Å². The number of rotatable bonds is 3. The lowest BCUT2D eigenvalue weighted by Crippen LogP contribution is -2.31. The molecule has 1 rings (SSSR count). The van der Waals surface area contributed by atoms with Crippen molar-refractivity contribution in [1.82, 2.24) is 0 Å². The third kappa shape index (κ3) is 2.39. The molecule has 0 amide bonds. The van der Waals surface area contributed by atoms with Crippen molar-refractivity contribution in [2.45, 2.75) is 13.0 Å². The average molecular weight is 205 g/mol. The number of anilines is 2. The van der Waals surface area contributed by atoms with Gasteiger partial charge in [0.2, 0.25) is 0 Å². The summed E-state index contributed by atoms with van der Waals surface area (Å²) in [5.74, 6) is 0. The third-order valence-corrected chi connectivity index (χ3v) is 2.49.